The molecule has 8 unspecified atom stereocenters. The van der Waals surface area contributed by atoms with E-state index in [9.17, 15) is 50.0 Å². The van der Waals surface area contributed by atoms with Gasteiger partial charge in [-0.25, -0.2) is 4.57 Å². The van der Waals surface area contributed by atoms with Crippen molar-refractivity contribution in [1.29, 1.82) is 0 Å². The smallest absolute Gasteiger partial charge is 0.393 e. The Bertz CT molecular complexity index is 1000. The Hall–Kier alpha value is -1.22. The van der Waals surface area contributed by atoms with Crippen molar-refractivity contribution in [2.75, 3.05) is 6.61 Å². The average Bonchev–Trinajstić information content (AvgIpc) is 3.11. The third-order valence-electron chi connectivity index (χ3n) is 9.54. The molecule has 1 aliphatic carbocycles. The molecule has 0 saturated heterocycles. The molecule has 0 heterocycles. The van der Waals surface area contributed by atoms with Gasteiger partial charge in [0.25, 0.3) is 0 Å². The zero-order valence-corrected chi connectivity index (χ0v) is 32.6. The van der Waals surface area contributed by atoms with Gasteiger partial charge in [-0.2, -0.15) is 0 Å². The molecule has 1 saturated carbocycles. The molecule has 0 aromatic heterocycles. The van der Waals surface area contributed by atoms with E-state index >= 15 is 0 Å². The number of amides is 1. The quantitative estimate of drug-likeness (QED) is 0.0262. The van der Waals surface area contributed by atoms with Crippen molar-refractivity contribution in [3.63, 3.8) is 0 Å². The predicted octanol–water partition coefficient (Wildman–Crippen LogP) is 4.86. The summed E-state index contributed by atoms with van der Waals surface area (Å²) >= 11 is 0. The van der Waals surface area contributed by atoms with E-state index in [0.29, 0.717) is 12.8 Å². The maximum atomic E-state index is 12.9. The third-order valence-corrected chi connectivity index (χ3v) is 10.5. The van der Waals surface area contributed by atoms with Crippen LogP contribution in [0, 0.1) is 0 Å². The highest BCUT2D eigenvalue weighted by atomic mass is 31.2. The lowest BCUT2D eigenvalue weighted by Crippen LogP contribution is -2.64. The second kappa shape index (κ2) is 29.1. The number of carbonyl (C=O) groups excluding carboxylic acids is 1. The average molecular weight is 766 g/mol. The first-order chi connectivity index (χ1) is 24.8. The van der Waals surface area contributed by atoms with Crippen molar-refractivity contribution in [3.8, 4) is 0 Å². The predicted molar refractivity (Wildman–Crippen MR) is 201 cm³/mol. The lowest BCUT2D eigenvalue weighted by Gasteiger charge is -2.41. The van der Waals surface area contributed by atoms with E-state index in [4.69, 9.17) is 9.05 Å². The molecule has 8 atom stereocenters. The van der Waals surface area contributed by atoms with Crippen LogP contribution in [-0.4, -0.2) is 108 Å². The molecule has 1 aliphatic rings. The summed E-state index contributed by atoms with van der Waals surface area (Å²) in [6.45, 7) is 3.62. The van der Waals surface area contributed by atoms with Crippen molar-refractivity contribution in [3.05, 3.63) is 24.3 Å². The molecule has 1 fully saturated rings. The number of unbranched alkanes of at least 4 members (excludes halogenated alkanes) is 16. The van der Waals surface area contributed by atoms with Gasteiger partial charge in [0.15, 0.2) is 0 Å². The van der Waals surface area contributed by atoms with Crippen LogP contribution >= 0.6 is 7.82 Å². The zero-order chi connectivity index (χ0) is 38.8. The minimum absolute atomic E-state index is 0.250. The highest BCUT2D eigenvalue weighted by Crippen LogP contribution is 2.47. The Kier molecular flexibility index (Phi) is 27.3. The highest BCUT2D eigenvalue weighted by Gasteiger charge is 2.51. The fourth-order valence-corrected chi connectivity index (χ4v) is 7.16. The van der Waals surface area contributed by atoms with Crippen molar-refractivity contribution in [1.82, 2.24) is 5.32 Å². The van der Waals surface area contributed by atoms with E-state index in [-0.39, 0.29) is 6.42 Å². The summed E-state index contributed by atoms with van der Waals surface area (Å²) in [4.78, 5) is 23.2. The lowest BCUT2D eigenvalue weighted by atomic mass is 9.85. The molecule has 0 aliphatic heterocycles. The minimum Gasteiger partial charge on any atom is -0.393 e. The topological polar surface area (TPSA) is 226 Å². The summed E-state index contributed by atoms with van der Waals surface area (Å²) in [6.07, 6.45) is 14.5. The van der Waals surface area contributed by atoms with Crippen molar-refractivity contribution in [2.24, 2.45) is 0 Å². The number of hydrogen-bond acceptors (Lipinski definition) is 11. The molecule has 9 N–H and O–H groups in total. The molecule has 52 heavy (non-hydrogen) atoms. The fourth-order valence-electron chi connectivity index (χ4n) is 6.20. The number of phosphoric acid groups is 1. The number of rotatable bonds is 31. The summed E-state index contributed by atoms with van der Waals surface area (Å²) in [6, 6.07) is -1.25. The molecule has 1 amide bonds. The first-order valence-corrected chi connectivity index (χ1v) is 21.4. The van der Waals surface area contributed by atoms with Crippen LogP contribution in [0.3, 0.4) is 0 Å². The molecule has 0 radical (unpaired) electrons. The van der Waals surface area contributed by atoms with Crippen LogP contribution in [0.1, 0.15) is 149 Å². The van der Waals surface area contributed by atoms with Crippen LogP contribution in [-0.2, 0) is 18.4 Å². The largest absolute Gasteiger partial charge is 0.472 e. The Labute approximate surface area is 312 Å². The number of allylic oxidation sites excluding steroid dienone is 3. The molecule has 0 bridgehead atoms. The minimum atomic E-state index is -5.13. The summed E-state index contributed by atoms with van der Waals surface area (Å²) in [5, 5.41) is 73.9. The summed E-state index contributed by atoms with van der Waals surface area (Å²) in [7, 11) is -5.13. The SMILES string of the molecule is CCCCC/C=C/CC/C=C/C(O)C(COP(=O)(O)OC1C(O)C(O)C(O)C(O)C1O)NC(=O)CC(O)CCCCCCCCCCCCCCC. The van der Waals surface area contributed by atoms with Crippen LogP contribution in [0.5, 0.6) is 0 Å². The molecule has 1 rings (SSSR count). The van der Waals surface area contributed by atoms with Gasteiger partial charge in [0, 0.05) is 0 Å². The first-order valence-electron chi connectivity index (χ1n) is 19.9. The van der Waals surface area contributed by atoms with Crippen molar-refractivity contribution >= 4 is 13.7 Å². The standard InChI is InChI=1S/C38H72NO12P/c1-3-5-7-9-11-13-14-15-16-18-19-21-23-25-29(40)27-32(42)39-30(31(41)26-24-22-20-17-12-10-8-6-4-2)28-50-52(48,49)51-38-36(46)34(44)33(43)35(45)37(38)47/h12,17,24,26,29-31,33-38,40-41,43-47H,3-11,13-16,18-23,25,27-28H2,1-2H3,(H,39,42)(H,48,49)/b17-12+,26-24+. The molecule has 13 nitrogen and oxygen atoms in total. The molecule has 0 aromatic rings. The molecule has 306 valence electrons. The van der Waals surface area contributed by atoms with Gasteiger partial charge in [-0.05, 0) is 32.1 Å². The second-order valence-corrected chi connectivity index (χ2v) is 15.7. The lowest BCUT2D eigenvalue weighted by molar-refractivity contribution is -0.220. The first kappa shape index (κ1) is 48.8. The van der Waals surface area contributed by atoms with E-state index in [2.05, 4.69) is 25.2 Å². The number of hydrogen-bond donors (Lipinski definition) is 9. The number of aliphatic hydroxyl groups is 7. The number of nitrogens with one attached hydrogen (secondary N) is 1. The molecule has 0 spiro atoms. The summed E-state index contributed by atoms with van der Waals surface area (Å²) in [5.74, 6) is -0.606. The Morgan fingerprint density at radius 2 is 1.13 bits per heavy atom. The van der Waals surface area contributed by atoms with Crippen LogP contribution in [0.15, 0.2) is 24.3 Å². The van der Waals surface area contributed by atoms with Gasteiger partial charge in [-0.15, -0.1) is 0 Å². The Morgan fingerprint density at radius 1 is 0.673 bits per heavy atom. The van der Waals surface area contributed by atoms with Gasteiger partial charge in [-0.1, -0.05) is 134 Å². The molecular formula is C38H72NO12P. The Balaban J connectivity index is 2.62. The molecule has 14 heteroatoms. The van der Waals surface area contributed by atoms with Gasteiger partial charge >= 0.3 is 7.82 Å². The van der Waals surface area contributed by atoms with Crippen LogP contribution < -0.4 is 5.32 Å². The van der Waals surface area contributed by atoms with E-state index < -0.39 is 75.2 Å². The van der Waals surface area contributed by atoms with E-state index in [1.54, 1.807) is 6.08 Å². The second-order valence-electron chi connectivity index (χ2n) is 14.3. The number of carbonyl (C=O) groups is 1. The van der Waals surface area contributed by atoms with Crippen LogP contribution in [0.4, 0.5) is 0 Å². The van der Waals surface area contributed by atoms with Crippen LogP contribution in [0.2, 0.25) is 0 Å². The maximum absolute atomic E-state index is 12.9. The van der Waals surface area contributed by atoms with Crippen molar-refractivity contribution in [2.45, 2.75) is 204 Å². The van der Waals surface area contributed by atoms with Gasteiger partial charge in [0.2, 0.25) is 5.91 Å². The van der Waals surface area contributed by atoms with E-state index in [1.165, 1.54) is 70.3 Å². The molecular weight excluding hydrogens is 693 g/mol. The van der Waals surface area contributed by atoms with E-state index in [0.717, 1.165) is 51.4 Å². The monoisotopic (exact) mass is 765 g/mol. The third kappa shape index (κ3) is 21.6. The summed E-state index contributed by atoms with van der Waals surface area (Å²) < 4.78 is 22.7. The van der Waals surface area contributed by atoms with Crippen molar-refractivity contribution < 1.29 is 59.0 Å². The van der Waals surface area contributed by atoms with Crippen LogP contribution in [0.25, 0.3) is 0 Å². The zero-order valence-electron chi connectivity index (χ0n) is 31.7. The fraction of sp³-hybridized carbons (Fsp3) is 0.868. The van der Waals surface area contributed by atoms with Gasteiger partial charge < -0.3 is 46.0 Å². The van der Waals surface area contributed by atoms with Gasteiger partial charge in [0.05, 0.1) is 31.3 Å². The van der Waals surface area contributed by atoms with Gasteiger partial charge in [-0.3, -0.25) is 13.8 Å². The van der Waals surface area contributed by atoms with Gasteiger partial charge in [0.1, 0.15) is 36.6 Å². The number of aliphatic hydroxyl groups excluding tert-OH is 7. The number of phosphoric ester groups is 1. The normalized spacial score (nSPS) is 25.3. The Morgan fingerprint density at radius 3 is 1.69 bits per heavy atom. The summed E-state index contributed by atoms with van der Waals surface area (Å²) in [5.41, 5.74) is 0. The van der Waals surface area contributed by atoms with E-state index in [1.807, 2.05) is 6.08 Å². The molecule has 0 aromatic carbocycles. The maximum Gasteiger partial charge on any atom is 0.472 e. The highest BCUT2D eigenvalue weighted by molar-refractivity contribution is 7.47.